The standard InChI is InChI=1S/C16H26BrNO3/c1-6-20-15-13(17)8-12(9-14(15)19-5)10-18-11-16(3,4)21-7-2/h8-9,18H,6-7,10-11H2,1-5H3. The molecule has 4 nitrogen and oxygen atoms in total. The van der Waals surface area contributed by atoms with Gasteiger partial charge < -0.3 is 19.5 Å². The molecule has 0 saturated heterocycles. The van der Waals surface area contributed by atoms with E-state index in [9.17, 15) is 0 Å². The summed E-state index contributed by atoms with van der Waals surface area (Å²) in [5.74, 6) is 1.49. The van der Waals surface area contributed by atoms with Crippen LogP contribution >= 0.6 is 15.9 Å². The minimum Gasteiger partial charge on any atom is -0.493 e. The molecule has 5 heteroatoms. The Morgan fingerprint density at radius 2 is 1.90 bits per heavy atom. The lowest BCUT2D eigenvalue weighted by Gasteiger charge is -2.25. The zero-order valence-corrected chi connectivity index (χ0v) is 15.2. The molecule has 0 amide bonds. The van der Waals surface area contributed by atoms with Crippen LogP contribution in [0.2, 0.25) is 0 Å². The van der Waals surface area contributed by atoms with Gasteiger partial charge in [0.25, 0.3) is 0 Å². The van der Waals surface area contributed by atoms with Crippen molar-refractivity contribution in [2.24, 2.45) is 0 Å². The van der Waals surface area contributed by atoms with E-state index in [1.165, 1.54) is 0 Å². The van der Waals surface area contributed by atoms with Crippen LogP contribution in [0, 0.1) is 0 Å². The molecule has 1 rings (SSSR count). The number of benzene rings is 1. The van der Waals surface area contributed by atoms with Gasteiger partial charge in [0.2, 0.25) is 0 Å². The molecule has 0 aliphatic rings. The molecule has 0 aromatic heterocycles. The first-order valence-electron chi connectivity index (χ1n) is 7.27. The Morgan fingerprint density at radius 3 is 2.48 bits per heavy atom. The third kappa shape index (κ3) is 5.85. The van der Waals surface area contributed by atoms with Crippen LogP contribution in [0.5, 0.6) is 11.5 Å². The first kappa shape index (κ1) is 18.3. The van der Waals surface area contributed by atoms with Gasteiger partial charge >= 0.3 is 0 Å². The molecule has 21 heavy (non-hydrogen) atoms. The summed E-state index contributed by atoms with van der Waals surface area (Å²) < 4.78 is 17.6. The van der Waals surface area contributed by atoms with Gasteiger partial charge in [-0.25, -0.2) is 0 Å². The van der Waals surface area contributed by atoms with Crippen LogP contribution in [0.25, 0.3) is 0 Å². The molecule has 0 bridgehead atoms. The van der Waals surface area contributed by atoms with Crippen LogP contribution in [-0.2, 0) is 11.3 Å². The molecule has 0 heterocycles. The van der Waals surface area contributed by atoms with E-state index in [0.29, 0.717) is 6.61 Å². The molecule has 0 radical (unpaired) electrons. The van der Waals surface area contributed by atoms with E-state index in [1.807, 2.05) is 26.0 Å². The highest BCUT2D eigenvalue weighted by molar-refractivity contribution is 9.10. The summed E-state index contributed by atoms with van der Waals surface area (Å²) in [5, 5.41) is 3.41. The van der Waals surface area contributed by atoms with Gasteiger partial charge in [0.15, 0.2) is 11.5 Å². The molecular formula is C16H26BrNO3. The Hall–Kier alpha value is -0.780. The van der Waals surface area contributed by atoms with Gasteiger partial charge in [-0.15, -0.1) is 0 Å². The van der Waals surface area contributed by atoms with E-state index in [-0.39, 0.29) is 5.60 Å². The lowest BCUT2D eigenvalue weighted by Crippen LogP contribution is -2.37. The molecule has 0 spiro atoms. The summed E-state index contributed by atoms with van der Waals surface area (Å²) in [4.78, 5) is 0. The molecule has 0 fully saturated rings. The highest BCUT2D eigenvalue weighted by Crippen LogP contribution is 2.36. The van der Waals surface area contributed by atoms with Crippen molar-refractivity contribution in [1.82, 2.24) is 5.32 Å². The molecular weight excluding hydrogens is 334 g/mol. The summed E-state index contributed by atoms with van der Waals surface area (Å²) in [7, 11) is 1.65. The number of rotatable bonds is 9. The monoisotopic (exact) mass is 359 g/mol. The fourth-order valence-corrected chi connectivity index (χ4v) is 2.71. The Kier molecular flexibility index (Phi) is 7.49. The van der Waals surface area contributed by atoms with Crippen molar-refractivity contribution in [1.29, 1.82) is 0 Å². The van der Waals surface area contributed by atoms with Gasteiger partial charge in [0, 0.05) is 19.7 Å². The fraction of sp³-hybridized carbons (Fsp3) is 0.625. The van der Waals surface area contributed by atoms with Gasteiger partial charge in [-0.1, -0.05) is 0 Å². The SMILES string of the molecule is CCOc1c(Br)cc(CNCC(C)(C)OCC)cc1OC. The predicted octanol–water partition coefficient (Wildman–Crippen LogP) is 3.76. The van der Waals surface area contributed by atoms with Crippen LogP contribution in [0.4, 0.5) is 0 Å². The van der Waals surface area contributed by atoms with Crippen LogP contribution in [0.1, 0.15) is 33.3 Å². The lowest BCUT2D eigenvalue weighted by atomic mass is 10.1. The van der Waals surface area contributed by atoms with Crippen molar-refractivity contribution < 1.29 is 14.2 Å². The molecule has 0 aliphatic carbocycles. The summed E-state index contributed by atoms with van der Waals surface area (Å²) in [6.45, 7) is 11.0. The number of hydrogen-bond acceptors (Lipinski definition) is 4. The highest BCUT2D eigenvalue weighted by Gasteiger charge is 2.17. The van der Waals surface area contributed by atoms with Crippen molar-refractivity contribution in [3.05, 3.63) is 22.2 Å². The summed E-state index contributed by atoms with van der Waals surface area (Å²) in [6.07, 6.45) is 0. The third-order valence-electron chi connectivity index (χ3n) is 2.99. The zero-order chi connectivity index (χ0) is 15.9. The van der Waals surface area contributed by atoms with Gasteiger partial charge in [-0.2, -0.15) is 0 Å². The average Bonchev–Trinajstić information content (AvgIpc) is 2.41. The Labute approximate surface area is 136 Å². The van der Waals surface area contributed by atoms with Gasteiger partial charge in [-0.05, 0) is 61.3 Å². The number of halogens is 1. The first-order chi connectivity index (χ1) is 9.93. The van der Waals surface area contributed by atoms with Crippen LogP contribution in [0.3, 0.4) is 0 Å². The maximum Gasteiger partial charge on any atom is 0.175 e. The predicted molar refractivity (Wildman–Crippen MR) is 89.3 cm³/mol. The van der Waals surface area contributed by atoms with E-state index in [4.69, 9.17) is 14.2 Å². The number of hydrogen-bond donors (Lipinski definition) is 1. The maximum atomic E-state index is 5.67. The quantitative estimate of drug-likeness (QED) is 0.728. The van der Waals surface area contributed by atoms with E-state index in [0.717, 1.165) is 41.2 Å². The minimum absolute atomic E-state index is 0.165. The van der Waals surface area contributed by atoms with Crippen LogP contribution < -0.4 is 14.8 Å². The fourth-order valence-electron chi connectivity index (χ4n) is 2.11. The second-order valence-electron chi connectivity index (χ2n) is 5.34. The van der Waals surface area contributed by atoms with E-state index in [1.54, 1.807) is 7.11 Å². The minimum atomic E-state index is -0.165. The smallest absolute Gasteiger partial charge is 0.175 e. The average molecular weight is 360 g/mol. The highest BCUT2D eigenvalue weighted by atomic mass is 79.9. The molecule has 0 unspecified atom stereocenters. The third-order valence-corrected chi connectivity index (χ3v) is 3.58. The molecule has 120 valence electrons. The maximum absolute atomic E-state index is 5.67. The summed E-state index contributed by atoms with van der Waals surface area (Å²) in [5.41, 5.74) is 0.968. The Balaban J connectivity index is 2.70. The molecule has 0 saturated carbocycles. The van der Waals surface area contributed by atoms with Gasteiger partial charge in [0.05, 0.1) is 23.8 Å². The van der Waals surface area contributed by atoms with Gasteiger partial charge in [0.1, 0.15) is 0 Å². The number of nitrogens with one attached hydrogen (secondary N) is 1. The van der Waals surface area contributed by atoms with Crippen molar-refractivity contribution in [3.63, 3.8) is 0 Å². The molecule has 0 atom stereocenters. The second kappa shape index (κ2) is 8.61. The van der Waals surface area contributed by atoms with Crippen LogP contribution in [0.15, 0.2) is 16.6 Å². The molecule has 1 N–H and O–H groups in total. The second-order valence-corrected chi connectivity index (χ2v) is 6.19. The number of ether oxygens (including phenoxy) is 3. The molecule has 0 aliphatic heterocycles. The molecule has 1 aromatic carbocycles. The topological polar surface area (TPSA) is 39.7 Å². The van der Waals surface area contributed by atoms with Crippen molar-refractivity contribution in [2.45, 2.75) is 39.8 Å². The van der Waals surface area contributed by atoms with E-state index >= 15 is 0 Å². The summed E-state index contributed by atoms with van der Waals surface area (Å²) in [6, 6.07) is 4.05. The van der Waals surface area contributed by atoms with Crippen molar-refractivity contribution in [3.8, 4) is 11.5 Å². The van der Waals surface area contributed by atoms with Gasteiger partial charge in [-0.3, -0.25) is 0 Å². The largest absolute Gasteiger partial charge is 0.493 e. The van der Waals surface area contributed by atoms with Crippen LogP contribution in [-0.4, -0.2) is 32.5 Å². The normalized spacial score (nSPS) is 11.5. The first-order valence-corrected chi connectivity index (χ1v) is 8.06. The lowest BCUT2D eigenvalue weighted by molar-refractivity contribution is -0.00897. The van der Waals surface area contributed by atoms with E-state index in [2.05, 4.69) is 35.1 Å². The number of methoxy groups -OCH3 is 1. The molecule has 1 aromatic rings. The Morgan fingerprint density at radius 1 is 1.19 bits per heavy atom. The Bertz CT molecular complexity index is 449. The van der Waals surface area contributed by atoms with Crippen molar-refractivity contribution >= 4 is 15.9 Å². The summed E-state index contributed by atoms with van der Waals surface area (Å²) >= 11 is 3.54. The zero-order valence-electron chi connectivity index (χ0n) is 13.6. The van der Waals surface area contributed by atoms with E-state index < -0.39 is 0 Å². The van der Waals surface area contributed by atoms with Crippen molar-refractivity contribution in [2.75, 3.05) is 26.9 Å².